The first-order chi connectivity index (χ1) is 11.4. The lowest BCUT2D eigenvalue weighted by Crippen LogP contribution is -2.17. The molecule has 0 atom stereocenters. The summed E-state index contributed by atoms with van der Waals surface area (Å²) in [5.41, 5.74) is 4.03. The van der Waals surface area contributed by atoms with Crippen molar-refractivity contribution in [1.82, 2.24) is 8.84 Å². The average molecular weight is 365 g/mol. The summed E-state index contributed by atoms with van der Waals surface area (Å²) >= 11 is 11.7. The van der Waals surface area contributed by atoms with Gasteiger partial charge < -0.3 is 0 Å². The minimum atomic E-state index is -0.185. The van der Waals surface area contributed by atoms with E-state index in [9.17, 15) is 9.59 Å². The second-order valence-electron chi connectivity index (χ2n) is 5.47. The average Bonchev–Trinajstić information content (AvgIpc) is 2.56. The van der Waals surface area contributed by atoms with Crippen LogP contribution >= 0.6 is 23.6 Å². The molecule has 2 amide bonds. The summed E-state index contributed by atoms with van der Waals surface area (Å²) in [6, 6.07) is 15.7. The Labute approximate surface area is 151 Å². The summed E-state index contributed by atoms with van der Waals surface area (Å²) in [4.78, 5) is 22.3. The number of amides is 2. The number of hydrogen-bond acceptors (Lipinski definition) is 2. The van der Waals surface area contributed by atoms with E-state index in [0.717, 1.165) is 31.1 Å². The van der Waals surface area contributed by atoms with Gasteiger partial charge in [0.15, 0.2) is 0 Å². The van der Waals surface area contributed by atoms with Crippen LogP contribution in [0.2, 0.25) is 0 Å². The van der Waals surface area contributed by atoms with Crippen molar-refractivity contribution >= 4 is 35.4 Å². The van der Waals surface area contributed by atoms with Gasteiger partial charge in [0.25, 0.3) is 0 Å². The Morgan fingerprint density at radius 3 is 1.25 bits per heavy atom. The number of hydrogen-bond donors (Lipinski definition) is 0. The van der Waals surface area contributed by atoms with Gasteiger partial charge >= 0.3 is 0 Å². The van der Waals surface area contributed by atoms with Crippen molar-refractivity contribution in [3.8, 4) is 11.1 Å². The molecule has 0 aliphatic rings. The van der Waals surface area contributed by atoms with E-state index in [2.05, 4.69) is 0 Å². The Balaban J connectivity index is 2.06. The summed E-state index contributed by atoms with van der Waals surface area (Å²) in [5, 5.41) is 0. The van der Waals surface area contributed by atoms with Crippen LogP contribution < -0.4 is 0 Å². The van der Waals surface area contributed by atoms with Crippen molar-refractivity contribution in [2.24, 2.45) is 0 Å². The highest BCUT2D eigenvalue weighted by Crippen LogP contribution is 2.22. The van der Waals surface area contributed by atoms with E-state index in [0.29, 0.717) is 13.1 Å². The predicted octanol–water partition coefficient (Wildman–Crippen LogP) is 4.36. The van der Waals surface area contributed by atoms with Gasteiger partial charge in [-0.1, -0.05) is 48.5 Å². The van der Waals surface area contributed by atoms with E-state index >= 15 is 0 Å². The van der Waals surface area contributed by atoms with Crippen molar-refractivity contribution in [2.45, 2.75) is 26.9 Å². The number of carbonyl (C=O) groups is 2. The summed E-state index contributed by atoms with van der Waals surface area (Å²) in [5.74, 6) is -0.370. The molecule has 2 rings (SSSR count). The molecule has 0 heterocycles. The first-order valence-corrected chi connectivity index (χ1v) is 8.10. The van der Waals surface area contributed by atoms with Gasteiger partial charge in [0.05, 0.1) is 13.1 Å². The maximum atomic E-state index is 11.1. The van der Waals surface area contributed by atoms with Crippen molar-refractivity contribution < 1.29 is 9.59 Å². The highest BCUT2D eigenvalue weighted by molar-refractivity contribution is 6.21. The van der Waals surface area contributed by atoms with Crippen molar-refractivity contribution in [3.63, 3.8) is 0 Å². The molecule has 0 saturated heterocycles. The summed E-state index contributed by atoms with van der Waals surface area (Å²) in [6.45, 7) is 3.59. The Morgan fingerprint density at radius 1 is 0.708 bits per heavy atom. The van der Waals surface area contributed by atoms with E-state index in [4.69, 9.17) is 23.6 Å². The SMILES string of the molecule is CC(=O)N(Cl)Cc1ccc(-c2ccc(CN(Cl)C(C)=O)cc2)cc1. The van der Waals surface area contributed by atoms with Crippen molar-refractivity contribution in [3.05, 3.63) is 59.7 Å². The predicted molar refractivity (Wildman–Crippen MR) is 96.0 cm³/mol. The van der Waals surface area contributed by atoms with Crippen LogP contribution in [0.5, 0.6) is 0 Å². The minimum absolute atomic E-state index is 0.185. The quantitative estimate of drug-likeness (QED) is 0.739. The number of benzene rings is 2. The standard InChI is InChI=1S/C18H18Cl2N2O2/c1-13(23)21(19)11-15-3-7-17(8-4-15)18-9-5-16(6-10-18)12-22(20)14(2)24/h3-10H,11-12H2,1-2H3. The number of rotatable bonds is 5. The molecule has 0 unspecified atom stereocenters. The Hall–Kier alpha value is -2.04. The van der Waals surface area contributed by atoms with Crippen molar-refractivity contribution in [1.29, 1.82) is 0 Å². The van der Waals surface area contributed by atoms with E-state index < -0.39 is 0 Å². The van der Waals surface area contributed by atoms with E-state index in [-0.39, 0.29) is 11.8 Å². The molecular formula is C18H18Cl2N2O2. The number of nitrogens with zero attached hydrogens (tertiary/aromatic N) is 2. The molecule has 6 heteroatoms. The lowest BCUT2D eigenvalue weighted by atomic mass is 10.0. The normalized spacial score (nSPS) is 10.3. The fourth-order valence-electron chi connectivity index (χ4n) is 2.15. The lowest BCUT2D eigenvalue weighted by Gasteiger charge is -2.13. The first kappa shape index (κ1) is 18.3. The van der Waals surface area contributed by atoms with Crippen LogP contribution in [0.3, 0.4) is 0 Å². The molecule has 2 aromatic rings. The molecule has 4 nitrogen and oxygen atoms in total. The largest absolute Gasteiger partial charge is 0.274 e. The zero-order valence-corrected chi connectivity index (χ0v) is 15.0. The highest BCUT2D eigenvalue weighted by atomic mass is 35.5. The first-order valence-electron chi connectivity index (χ1n) is 7.43. The zero-order chi connectivity index (χ0) is 17.7. The summed E-state index contributed by atoms with van der Waals surface area (Å²) in [7, 11) is 0. The van der Waals surface area contributed by atoms with Gasteiger partial charge in [-0.15, -0.1) is 0 Å². The third kappa shape index (κ3) is 4.98. The van der Waals surface area contributed by atoms with Crippen LogP contribution in [0.15, 0.2) is 48.5 Å². The van der Waals surface area contributed by atoms with Gasteiger partial charge in [0, 0.05) is 37.4 Å². The topological polar surface area (TPSA) is 40.6 Å². The van der Waals surface area contributed by atoms with Gasteiger partial charge in [-0.25, -0.2) is 0 Å². The van der Waals surface area contributed by atoms with E-state index in [1.807, 2.05) is 48.5 Å². The Morgan fingerprint density at radius 2 is 1.00 bits per heavy atom. The third-order valence-corrected chi connectivity index (χ3v) is 4.28. The summed E-state index contributed by atoms with van der Waals surface area (Å²) in [6.07, 6.45) is 0. The van der Waals surface area contributed by atoms with Crippen LogP contribution in [0.4, 0.5) is 0 Å². The van der Waals surface area contributed by atoms with Gasteiger partial charge in [-0.05, 0) is 22.3 Å². The molecule has 2 aromatic carbocycles. The molecule has 0 saturated carbocycles. The molecule has 126 valence electrons. The van der Waals surface area contributed by atoms with Crippen LogP contribution in [0.25, 0.3) is 11.1 Å². The Bertz CT molecular complexity index is 651. The maximum absolute atomic E-state index is 11.1. The molecule has 0 aliphatic carbocycles. The molecule has 0 aliphatic heterocycles. The van der Waals surface area contributed by atoms with Crippen LogP contribution in [-0.2, 0) is 22.7 Å². The van der Waals surface area contributed by atoms with Gasteiger partial charge in [0.1, 0.15) is 0 Å². The molecular weight excluding hydrogens is 347 g/mol. The van der Waals surface area contributed by atoms with E-state index in [1.165, 1.54) is 13.8 Å². The smallest absolute Gasteiger partial charge is 0.234 e. The fourth-order valence-corrected chi connectivity index (χ4v) is 2.42. The van der Waals surface area contributed by atoms with Crippen LogP contribution in [0.1, 0.15) is 25.0 Å². The zero-order valence-electron chi connectivity index (χ0n) is 13.5. The van der Waals surface area contributed by atoms with Gasteiger partial charge in [-0.3, -0.25) is 18.4 Å². The molecule has 0 bridgehead atoms. The molecule has 24 heavy (non-hydrogen) atoms. The Kier molecular flexibility index (Phi) is 6.23. The number of halogens is 2. The lowest BCUT2D eigenvalue weighted by molar-refractivity contribution is -0.125. The molecule has 0 fully saturated rings. The second-order valence-corrected chi connectivity index (χ2v) is 6.29. The van der Waals surface area contributed by atoms with E-state index in [1.54, 1.807) is 0 Å². The van der Waals surface area contributed by atoms with Gasteiger partial charge in [-0.2, -0.15) is 0 Å². The molecule has 0 spiro atoms. The highest BCUT2D eigenvalue weighted by Gasteiger charge is 2.08. The minimum Gasteiger partial charge on any atom is -0.274 e. The fraction of sp³-hybridized carbons (Fsp3) is 0.222. The molecule has 0 aromatic heterocycles. The maximum Gasteiger partial charge on any atom is 0.234 e. The van der Waals surface area contributed by atoms with Crippen LogP contribution in [-0.4, -0.2) is 20.7 Å². The van der Waals surface area contributed by atoms with Gasteiger partial charge in [0.2, 0.25) is 11.8 Å². The molecule has 0 radical (unpaired) electrons. The third-order valence-electron chi connectivity index (χ3n) is 3.57. The molecule has 0 N–H and O–H groups in total. The number of carbonyl (C=O) groups excluding carboxylic acids is 2. The summed E-state index contributed by atoms with van der Waals surface area (Å²) < 4.78 is 2.30. The van der Waals surface area contributed by atoms with Crippen molar-refractivity contribution in [2.75, 3.05) is 0 Å². The monoisotopic (exact) mass is 364 g/mol. The second kappa shape index (κ2) is 8.18. The van der Waals surface area contributed by atoms with Crippen LogP contribution in [0, 0.1) is 0 Å².